The van der Waals surface area contributed by atoms with E-state index in [1.54, 1.807) is 13.0 Å². The van der Waals surface area contributed by atoms with E-state index in [0.717, 1.165) is 6.07 Å². The number of rotatable bonds is 4. The lowest BCUT2D eigenvalue weighted by Crippen LogP contribution is -2.11. The van der Waals surface area contributed by atoms with Gasteiger partial charge in [0.25, 0.3) is 6.43 Å². The Hall–Kier alpha value is -1.74. The molecule has 1 heterocycles. The highest BCUT2D eigenvalue weighted by molar-refractivity contribution is 6.17. The minimum Gasteiger partial charge on any atom is -0.461 e. The van der Waals surface area contributed by atoms with Crippen molar-refractivity contribution < 1.29 is 18.3 Å². The Morgan fingerprint density at radius 3 is 2.78 bits per heavy atom. The molecule has 7 heteroatoms. The number of carbonyl (C=O) groups excluding carboxylic acids is 1. The fraction of sp³-hybridized carbons (Fsp3) is 0.364. The Bertz CT molecular complexity index is 501. The topological polar surface area (TPSA) is 63.0 Å². The standard InChI is InChI=1S/C11H9ClF2N2O2/c1-2-18-11(17)7-3-6(5-15)9(10(13)14)8(4-12)16-7/h3,10H,2,4H2,1H3. The maximum atomic E-state index is 12.8. The highest BCUT2D eigenvalue weighted by Gasteiger charge is 2.22. The van der Waals surface area contributed by atoms with Crippen molar-refractivity contribution in [1.82, 2.24) is 4.98 Å². The van der Waals surface area contributed by atoms with Crippen molar-refractivity contribution in [3.05, 3.63) is 28.6 Å². The summed E-state index contributed by atoms with van der Waals surface area (Å²) < 4.78 is 30.2. The number of nitriles is 1. The molecule has 0 radical (unpaired) electrons. The van der Waals surface area contributed by atoms with Crippen LogP contribution in [0.15, 0.2) is 6.07 Å². The van der Waals surface area contributed by atoms with Gasteiger partial charge >= 0.3 is 5.97 Å². The van der Waals surface area contributed by atoms with E-state index in [1.807, 2.05) is 0 Å². The number of pyridine rings is 1. The smallest absolute Gasteiger partial charge is 0.356 e. The van der Waals surface area contributed by atoms with Gasteiger partial charge in [-0.05, 0) is 13.0 Å². The van der Waals surface area contributed by atoms with Crippen molar-refractivity contribution in [2.45, 2.75) is 19.2 Å². The largest absolute Gasteiger partial charge is 0.461 e. The molecule has 1 aromatic heterocycles. The second kappa shape index (κ2) is 6.26. The lowest BCUT2D eigenvalue weighted by molar-refractivity contribution is 0.0518. The summed E-state index contributed by atoms with van der Waals surface area (Å²) in [6, 6.07) is 2.58. The van der Waals surface area contributed by atoms with Gasteiger partial charge < -0.3 is 4.74 Å². The number of hydrogen-bond donors (Lipinski definition) is 0. The Morgan fingerprint density at radius 1 is 1.67 bits per heavy atom. The Balaban J connectivity index is 3.36. The second-order valence-corrected chi connectivity index (χ2v) is 3.45. The van der Waals surface area contributed by atoms with Gasteiger partial charge in [0.15, 0.2) is 0 Å². The van der Waals surface area contributed by atoms with Crippen LogP contribution in [0.5, 0.6) is 0 Å². The number of carbonyl (C=O) groups is 1. The number of esters is 1. The highest BCUT2D eigenvalue weighted by atomic mass is 35.5. The number of aromatic nitrogens is 1. The normalized spacial score (nSPS) is 10.2. The van der Waals surface area contributed by atoms with E-state index in [4.69, 9.17) is 16.9 Å². The SMILES string of the molecule is CCOC(=O)c1cc(C#N)c(C(F)F)c(CCl)n1. The molecule has 0 fully saturated rings. The zero-order valence-electron chi connectivity index (χ0n) is 9.41. The summed E-state index contributed by atoms with van der Waals surface area (Å²) in [5.74, 6) is -1.09. The van der Waals surface area contributed by atoms with Crippen LogP contribution in [0.3, 0.4) is 0 Å². The Kier molecular flexibility index (Phi) is 4.98. The lowest BCUT2D eigenvalue weighted by Gasteiger charge is -2.10. The molecule has 96 valence electrons. The van der Waals surface area contributed by atoms with Crippen LogP contribution < -0.4 is 0 Å². The first kappa shape index (κ1) is 14.3. The van der Waals surface area contributed by atoms with Gasteiger partial charge in [-0.25, -0.2) is 18.6 Å². The summed E-state index contributed by atoms with van der Waals surface area (Å²) in [5, 5.41) is 8.82. The van der Waals surface area contributed by atoms with Crippen molar-refractivity contribution in [2.75, 3.05) is 6.61 Å². The first-order chi connectivity index (χ1) is 8.54. The number of nitrogens with zero attached hydrogens (tertiary/aromatic N) is 2. The van der Waals surface area contributed by atoms with Crippen LogP contribution in [0.2, 0.25) is 0 Å². The highest BCUT2D eigenvalue weighted by Crippen LogP contribution is 2.27. The maximum absolute atomic E-state index is 12.8. The molecule has 0 spiro atoms. The monoisotopic (exact) mass is 274 g/mol. The molecule has 0 saturated heterocycles. The third-order valence-corrected chi connectivity index (χ3v) is 2.34. The lowest BCUT2D eigenvalue weighted by atomic mass is 10.1. The van der Waals surface area contributed by atoms with Gasteiger partial charge in [-0.1, -0.05) is 0 Å². The van der Waals surface area contributed by atoms with E-state index in [0.29, 0.717) is 0 Å². The van der Waals surface area contributed by atoms with Gasteiger partial charge in [-0.2, -0.15) is 5.26 Å². The first-order valence-electron chi connectivity index (χ1n) is 5.00. The van der Waals surface area contributed by atoms with Gasteiger partial charge in [-0.3, -0.25) is 0 Å². The number of hydrogen-bond acceptors (Lipinski definition) is 4. The van der Waals surface area contributed by atoms with Gasteiger partial charge in [-0.15, -0.1) is 11.6 Å². The molecule has 0 amide bonds. The van der Waals surface area contributed by atoms with Gasteiger partial charge in [0, 0.05) is 0 Å². The van der Waals surface area contributed by atoms with Crippen molar-refractivity contribution in [3.63, 3.8) is 0 Å². The van der Waals surface area contributed by atoms with Crippen molar-refractivity contribution >= 4 is 17.6 Å². The van der Waals surface area contributed by atoms with E-state index in [1.165, 1.54) is 0 Å². The minimum absolute atomic E-state index is 0.120. The van der Waals surface area contributed by atoms with Crippen molar-refractivity contribution in [3.8, 4) is 6.07 Å². The molecule has 18 heavy (non-hydrogen) atoms. The van der Waals surface area contributed by atoms with Gasteiger partial charge in [0.2, 0.25) is 0 Å². The van der Waals surface area contributed by atoms with Crippen LogP contribution in [0.4, 0.5) is 8.78 Å². The summed E-state index contributed by atoms with van der Waals surface area (Å²) in [7, 11) is 0. The molecule has 0 aromatic carbocycles. The van der Waals surface area contributed by atoms with E-state index in [9.17, 15) is 13.6 Å². The molecule has 0 aliphatic carbocycles. The summed E-state index contributed by atoms with van der Waals surface area (Å²) in [6.07, 6.45) is -2.88. The molecule has 0 aliphatic heterocycles. The van der Waals surface area contributed by atoms with Crippen LogP contribution in [0.25, 0.3) is 0 Å². The molecular formula is C11H9ClF2N2O2. The molecule has 0 atom stereocenters. The molecule has 4 nitrogen and oxygen atoms in total. The second-order valence-electron chi connectivity index (χ2n) is 3.18. The fourth-order valence-electron chi connectivity index (χ4n) is 1.36. The average molecular weight is 275 g/mol. The van der Waals surface area contributed by atoms with Crippen LogP contribution in [0.1, 0.15) is 40.7 Å². The number of alkyl halides is 3. The zero-order chi connectivity index (χ0) is 13.7. The van der Waals surface area contributed by atoms with Crippen molar-refractivity contribution in [2.24, 2.45) is 0 Å². The molecule has 0 bridgehead atoms. The number of halogens is 3. The maximum Gasteiger partial charge on any atom is 0.356 e. The zero-order valence-corrected chi connectivity index (χ0v) is 10.2. The molecule has 1 rings (SSSR count). The molecule has 0 unspecified atom stereocenters. The summed E-state index contributed by atoms with van der Waals surface area (Å²) >= 11 is 5.50. The third-order valence-electron chi connectivity index (χ3n) is 2.09. The van der Waals surface area contributed by atoms with E-state index in [2.05, 4.69) is 9.72 Å². The summed E-state index contributed by atoms with van der Waals surface area (Å²) in [5.41, 5.74) is -1.25. The van der Waals surface area contributed by atoms with Crippen LogP contribution in [0, 0.1) is 11.3 Å². The predicted molar refractivity (Wildman–Crippen MR) is 59.4 cm³/mol. The quantitative estimate of drug-likeness (QED) is 0.625. The fourth-order valence-corrected chi connectivity index (χ4v) is 1.56. The summed E-state index contributed by atoms with van der Waals surface area (Å²) in [6.45, 7) is 1.72. The van der Waals surface area contributed by atoms with Gasteiger partial charge in [0.05, 0.1) is 35.4 Å². The average Bonchev–Trinajstić information content (AvgIpc) is 2.36. The predicted octanol–water partition coefficient (Wildman–Crippen LogP) is 2.81. The molecule has 0 aliphatic rings. The third kappa shape index (κ3) is 2.93. The van der Waals surface area contributed by atoms with Crippen LogP contribution >= 0.6 is 11.6 Å². The number of ether oxygens (including phenoxy) is 1. The summed E-state index contributed by atoms with van der Waals surface area (Å²) in [4.78, 5) is 15.1. The molecular weight excluding hydrogens is 266 g/mol. The molecule has 0 N–H and O–H groups in total. The van der Waals surface area contributed by atoms with E-state index >= 15 is 0 Å². The Labute approximate surface area is 107 Å². The Morgan fingerprint density at radius 2 is 2.33 bits per heavy atom. The van der Waals surface area contributed by atoms with E-state index in [-0.39, 0.29) is 29.4 Å². The molecule has 1 aromatic rings. The van der Waals surface area contributed by atoms with Crippen LogP contribution in [-0.4, -0.2) is 17.6 Å². The van der Waals surface area contributed by atoms with Gasteiger partial charge in [0.1, 0.15) is 5.69 Å². The molecule has 0 saturated carbocycles. The first-order valence-corrected chi connectivity index (χ1v) is 5.53. The van der Waals surface area contributed by atoms with E-state index < -0.39 is 18.0 Å². The minimum atomic E-state index is -2.88. The van der Waals surface area contributed by atoms with Crippen LogP contribution in [-0.2, 0) is 10.6 Å². The van der Waals surface area contributed by atoms with Crippen molar-refractivity contribution in [1.29, 1.82) is 5.26 Å².